The van der Waals surface area contributed by atoms with Crippen molar-refractivity contribution in [1.29, 1.82) is 0 Å². The third kappa shape index (κ3) is 3.26. The molecule has 0 bridgehead atoms. The fraction of sp³-hybridized carbons (Fsp3) is 0.692. The molecule has 0 aromatic carbocycles. The van der Waals surface area contributed by atoms with E-state index in [4.69, 9.17) is 4.74 Å². The Morgan fingerprint density at radius 1 is 1.32 bits per heavy atom. The molecule has 0 amide bonds. The molecule has 6 nitrogen and oxygen atoms in total. The van der Waals surface area contributed by atoms with E-state index in [-0.39, 0.29) is 12.1 Å². The highest BCUT2D eigenvalue weighted by Crippen LogP contribution is 2.31. The van der Waals surface area contributed by atoms with Crippen molar-refractivity contribution in [2.75, 3.05) is 24.3 Å². The van der Waals surface area contributed by atoms with Gasteiger partial charge in [0, 0.05) is 6.54 Å². The second kappa shape index (κ2) is 6.56. The molecule has 0 saturated heterocycles. The number of anilines is 2. The Kier molecular flexibility index (Phi) is 4.79. The van der Waals surface area contributed by atoms with Gasteiger partial charge < -0.3 is 20.5 Å². The molecule has 2 atom stereocenters. The van der Waals surface area contributed by atoms with Crippen molar-refractivity contribution in [3.05, 3.63) is 6.33 Å². The fourth-order valence-corrected chi connectivity index (χ4v) is 2.42. The van der Waals surface area contributed by atoms with Gasteiger partial charge in [0.2, 0.25) is 5.75 Å². The van der Waals surface area contributed by atoms with E-state index in [9.17, 15) is 5.11 Å². The number of nitrogens with zero attached hydrogens (tertiary/aromatic N) is 2. The lowest BCUT2D eigenvalue weighted by Crippen LogP contribution is -2.36. The fourth-order valence-electron chi connectivity index (χ4n) is 2.42. The monoisotopic (exact) mass is 266 g/mol. The van der Waals surface area contributed by atoms with Crippen LogP contribution in [0.2, 0.25) is 0 Å². The quantitative estimate of drug-likeness (QED) is 0.752. The molecular weight excluding hydrogens is 244 g/mol. The molecule has 6 heteroatoms. The van der Waals surface area contributed by atoms with Gasteiger partial charge in [-0.25, -0.2) is 9.97 Å². The molecule has 1 saturated carbocycles. The minimum atomic E-state index is -0.323. The van der Waals surface area contributed by atoms with Gasteiger partial charge >= 0.3 is 0 Å². The number of methoxy groups -OCH3 is 1. The maximum atomic E-state index is 10.0. The number of nitrogens with one attached hydrogen (secondary N) is 2. The van der Waals surface area contributed by atoms with E-state index in [1.807, 2.05) is 6.92 Å². The van der Waals surface area contributed by atoms with Gasteiger partial charge in [-0.3, -0.25) is 0 Å². The number of ether oxygens (including phenoxy) is 1. The first-order valence-corrected chi connectivity index (χ1v) is 6.83. The molecule has 1 aromatic rings. The highest BCUT2D eigenvalue weighted by molar-refractivity contribution is 5.63. The zero-order valence-corrected chi connectivity index (χ0v) is 11.5. The second-order valence-corrected chi connectivity index (χ2v) is 4.74. The SMILES string of the molecule is CCNc1ncnc(NC2CCCCC2O)c1OC. The lowest BCUT2D eigenvalue weighted by molar-refractivity contribution is 0.116. The maximum Gasteiger partial charge on any atom is 0.204 e. The van der Waals surface area contributed by atoms with Gasteiger partial charge in [0.25, 0.3) is 0 Å². The van der Waals surface area contributed by atoms with E-state index in [1.54, 1.807) is 7.11 Å². The van der Waals surface area contributed by atoms with Crippen LogP contribution in [0.15, 0.2) is 6.33 Å². The highest BCUT2D eigenvalue weighted by Gasteiger charge is 2.24. The van der Waals surface area contributed by atoms with Crippen LogP contribution < -0.4 is 15.4 Å². The molecule has 3 N–H and O–H groups in total. The zero-order chi connectivity index (χ0) is 13.7. The van der Waals surface area contributed by atoms with Crippen LogP contribution in [0.1, 0.15) is 32.6 Å². The Hall–Kier alpha value is -1.56. The van der Waals surface area contributed by atoms with Crippen LogP contribution in [0.3, 0.4) is 0 Å². The van der Waals surface area contributed by atoms with Gasteiger partial charge in [-0.05, 0) is 19.8 Å². The van der Waals surface area contributed by atoms with Gasteiger partial charge in [-0.15, -0.1) is 0 Å². The van der Waals surface area contributed by atoms with Crippen LogP contribution in [0.5, 0.6) is 5.75 Å². The summed E-state index contributed by atoms with van der Waals surface area (Å²) in [6.45, 7) is 2.76. The Morgan fingerprint density at radius 2 is 2.05 bits per heavy atom. The lowest BCUT2D eigenvalue weighted by atomic mass is 9.92. The summed E-state index contributed by atoms with van der Waals surface area (Å²) in [4.78, 5) is 8.38. The zero-order valence-electron chi connectivity index (χ0n) is 11.5. The number of aromatic nitrogens is 2. The summed E-state index contributed by atoms with van der Waals surface area (Å²) < 4.78 is 5.37. The van der Waals surface area contributed by atoms with Crippen LogP contribution in [-0.4, -0.2) is 40.9 Å². The molecule has 2 unspecified atom stereocenters. The maximum absolute atomic E-state index is 10.0. The third-order valence-corrected chi connectivity index (χ3v) is 3.40. The molecule has 1 aromatic heterocycles. The molecule has 106 valence electrons. The van der Waals surface area contributed by atoms with E-state index >= 15 is 0 Å². The Balaban J connectivity index is 2.16. The van der Waals surface area contributed by atoms with E-state index in [2.05, 4.69) is 20.6 Å². The van der Waals surface area contributed by atoms with E-state index < -0.39 is 0 Å². The smallest absolute Gasteiger partial charge is 0.204 e. The first-order valence-electron chi connectivity index (χ1n) is 6.83. The van der Waals surface area contributed by atoms with Crippen LogP contribution in [0, 0.1) is 0 Å². The summed E-state index contributed by atoms with van der Waals surface area (Å²) in [5.41, 5.74) is 0. The topological polar surface area (TPSA) is 79.3 Å². The number of aliphatic hydroxyl groups is 1. The first kappa shape index (κ1) is 13.9. The predicted octanol–water partition coefficient (Wildman–Crippen LogP) is 1.63. The van der Waals surface area contributed by atoms with Gasteiger partial charge in [0.15, 0.2) is 11.6 Å². The van der Waals surface area contributed by atoms with Crippen LogP contribution >= 0.6 is 0 Å². The van der Waals surface area contributed by atoms with E-state index in [1.165, 1.54) is 6.33 Å². The standard InChI is InChI=1S/C13H22N4O2/c1-3-14-12-11(19-2)13(16-8-15-12)17-9-6-4-5-7-10(9)18/h8-10,18H,3-7H2,1-2H3,(H2,14,15,16,17). The van der Waals surface area contributed by atoms with Gasteiger partial charge in [-0.1, -0.05) is 12.8 Å². The molecule has 0 radical (unpaired) electrons. The molecule has 1 fully saturated rings. The molecule has 1 heterocycles. The van der Waals surface area contributed by atoms with Gasteiger partial charge in [0.05, 0.1) is 19.3 Å². The Morgan fingerprint density at radius 3 is 2.74 bits per heavy atom. The average molecular weight is 266 g/mol. The molecule has 0 spiro atoms. The highest BCUT2D eigenvalue weighted by atomic mass is 16.5. The summed E-state index contributed by atoms with van der Waals surface area (Å²) in [7, 11) is 1.60. The van der Waals surface area contributed by atoms with Crippen molar-refractivity contribution in [3.63, 3.8) is 0 Å². The number of aliphatic hydroxyl groups excluding tert-OH is 1. The summed E-state index contributed by atoms with van der Waals surface area (Å²) in [5, 5.41) is 16.4. The molecule has 2 rings (SSSR count). The summed E-state index contributed by atoms with van der Waals surface area (Å²) in [5.74, 6) is 1.91. The normalized spacial score (nSPS) is 22.9. The van der Waals surface area contributed by atoms with E-state index in [0.29, 0.717) is 17.4 Å². The predicted molar refractivity (Wildman–Crippen MR) is 74.6 cm³/mol. The number of hydrogen-bond donors (Lipinski definition) is 3. The molecule has 1 aliphatic carbocycles. The van der Waals surface area contributed by atoms with Gasteiger partial charge in [0.1, 0.15) is 6.33 Å². The summed E-state index contributed by atoms with van der Waals surface area (Å²) in [6, 6.07) is 0.0343. The number of hydrogen-bond acceptors (Lipinski definition) is 6. The Labute approximate surface area is 113 Å². The van der Waals surface area contributed by atoms with Crippen LogP contribution in [-0.2, 0) is 0 Å². The molecular formula is C13H22N4O2. The first-order chi connectivity index (χ1) is 9.26. The molecule has 19 heavy (non-hydrogen) atoms. The second-order valence-electron chi connectivity index (χ2n) is 4.74. The van der Waals surface area contributed by atoms with Crippen molar-refractivity contribution in [1.82, 2.24) is 9.97 Å². The lowest BCUT2D eigenvalue weighted by Gasteiger charge is -2.29. The molecule has 1 aliphatic rings. The van der Waals surface area contributed by atoms with Gasteiger partial charge in [-0.2, -0.15) is 0 Å². The third-order valence-electron chi connectivity index (χ3n) is 3.40. The van der Waals surface area contributed by atoms with Crippen molar-refractivity contribution >= 4 is 11.6 Å². The average Bonchev–Trinajstić information content (AvgIpc) is 2.42. The van der Waals surface area contributed by atoms with Crippen LogP contribution in [0.4, 0.5) is 11.6 Å². The van der Waals surface area contributed by atoms with Crippen molar-refractivity contribution < 1.29 is 9.84 Å². The minimum Gasteiger partial charge on any atom is -0.490 e. The summed E-state index contributed by atoms with van der Waals surface area (Å²) >= 11 is 0. The minimum absolute atomic E-state index is 0.0343. The van der Waals surface area contributed by atoms with Crippen LogP contribution in [0.25, 0.3) is 0 Å². The molecule has 0 aliphatic heterocycles. The van der Waals surface area contributed by atoms with Crippen molar-refractivity contribution in [2.45, 2.75) is 44.8 Å². The van der Waals surface area contributed by atoms with E-state index in [0.717, 1.165) is 32.2 Å². The van der Waals surface area contributed by atoms with Crippen molar-refractivity contribution in [2.24, 2.45) is 0 Å². The largest absolute Gasteiger partial charge is 0.490 e. The van der Waals surface area contributed by atoms with Crippen molar-refractivity contribution in [3.8, 4) is 5.75 Å². The Bertz CT molecular complexity index is 414. The number of rotatable bonds is 5. The summed E-state index contributed by atoms with van der Waals surface area (Å²) in [6.07, 6.45) is 5.18.